The van der Waals surface area contributed by atoms with Gasteiger partial charge in [0.05, 0.1) is 9.82 Å². The van der Waals surface area contributed by atoms with Crippen LogP contribution in [-0.4, -0.2) is 41.4 Å². The molecule has 0 spiro atoms. The molecule has 200 valence electrons. The molecule has 0 bridgehead atoms. The summed E-state index contributed by atoms with van der Waals surface area (Å²) < 4.78 is 31.9. The topological polar surface area (TPSA) is 139 Å². The number of halogens is 1. The molecule has 0 saturated heterocycles. The molecule has 3 N–H and O–H groups in total. The Kier molecular flexibility index (Phi) is 7.51. The summed E-state index contributed by atoms with van der Waals surface area (Å²) >= 11 is 3.54. The number of carbonyl (C=O) groups excluding carboxylic acids is 1. The van der Waals surface area contributed by atoms with Gasteiger partial charge in [0.25, 0.3) is 5.69 Å². The number of sulfonamides is 1. The second kappa shape index (κ2) is 11.0. The van der Waals surface area contributed by atoms with Gasteiger partial charge in [0.1, 0.15) is 6.04 Å². The molecule has 5 aromatic rings. The number of para-hydroxylation sites is 1. The van der Waals surface area contributed by atoms with Crippen LogP contribution in [0.1, 0.15) is 5.56 Å². The van der Waals surface area contributed by atoms with Gasteiger partial charge >= 0.3 is 0 Å². The Bertz CT molecular complexity index is 1780. The van der Waals surface area contributed by atoms with E-state index in [0.29, 0.717) is 6.54 Å². The van der Waals surface area contributed by atoms with Crippen molar-refractivity contribution in [3.63, 3.8) is 0 Å². The normalized spacial score (nSPS) is 12.5. The lowest BCUT2D eigenvalue weighted by atomic mass is 10.1. The van der Waals surface area contributed by atoms with E-state index in [9.17, 15) is 23.3 Å². The van der Waals surface area contributed by atoms with Crippen LogP contribution < -0.4 is 10.0 Å². The first-order chi connectivity index (χ1) is 18.7. The van der Waals surface area contributed by atoms with E-state index in [0.717, 1.165) is 56.1 Å². The standard InChI is InChI=1S/C27H24BrN5O5S/c28-23-5-3-7-26-22(23)12-14-32(26)15-13-29-27(34)25(16-18-17-30-24-6-2-1-4-21(18)24)31-39(37,38)20-10-8-19(9-11-20)33(35)36/h1-12,14,17,25,30-31H,13,15-16H2,(H,29,34). The molecular weight excluding hydrogens is 586 g/mol. The maximum absolute atomic E-state index is 13.3. The summed E-state index contributed by atoms with van der Waals surface area (Å²) in [6, 6.07) is 18.8. The Morgan fingerprint density at radius 3 is 2.56 bits per heavy atom. The smallest absolute Gasteiger partial charge is 0.269 e. The third-order valence-corrected chi connectivity index (χ3v) is 8.66. The maximum Gasteiger partial charge on any atom is 0.269 e. The van der Waals surface area contributed by atoms with Gasteiger partial charge in [-0.1, -0.05) is 40.2 Å². The number of nitrogens with zero attached hydrogens (tertiary/aromatic N) is 2. The van der Waals surface area contributed by atoms with Crippen molar-refractivity contribution in [1.29, 1.82) is 0 Å². The number of hydrogen-bond donors (Lipinski definition) is 3. The van der Waals surface area contributed by atoms with E-state index in [1.807, 2.05) is 59.3 Å². The number of non-ortho nitro benzene ring substituents is 1. The van der Waals surface area contributed by atoms with E-state index >= 15 is 0 Å². The Morgan fingerprint density at radius 1 is 1.03 bits per heavy atom. The molecule has 0 saturated carbocycles. The Morgan fingerprint density at radius 2 is 1.79 bits per heavy atom. The summed E-state index contributed by atoms with van der Waals surface area (Å²) in [4.78, 5) is 26.7. The summed E-state index contributed by atoms with van der Waals surface area (Å²) in [6.07, 6.45) is 3.79. The predicted octanol–water partition coefficient (Wildman–Crippen LogP) is 4.50. The van der Waals surface area contributed by atoms with Crippen molar-refractivity contribution in [2.24, 2.45) is 0 Å². The fraction of sp³-hybridized carbons (Fsp3) is 0.148. The van der Waals surface area contributed by atoms with Crippen LogP contribution in [0.5, 0.6) is 0 Å². The van der Waals surface area contributed by atoms with Crippen molar-refractivity contribution in [2.45, 2.75) is 23.9 Å². The van der Waals surface area contributed by atoms with Crippen LogP contribution in [0.3, 0.4) is 0 Å². The molecule has 39 heavy (non-hydrogen) atoms. The predicted molar refractivity (Wildman–Crippen MR) is 152 cm³/mol. The van der Waals surface area contributed by atoms with Crippen LogP contribution in [0.4, 0.5) is 5.69 Å². The number of nitro groups is 1. The van der Waals surface area contributed by atoms with Crippen molar-refractivity contribution >= 4 is 59.4 Å². The van der Waals surface area contributed by atoms with Crippen LogP contribution in [-0.2, 0) is 27.8 Å². The number of carbonyl (C=O) groups is 1. The lowest BCUT2D eigenvalue weighted by Gasteiger charge is -2.19. The van der Waals surface area contributed by atoms with Crippen molar-refractivity contribution in [2.75, 3.05) is 6.54 Å². The summed E-state index contributed by atoms with van der Waals surface area (Å²) in [5.41, 5.74) is 2.42. The molecular formula is C27H24BrN5O5S. The average molecular weight is 610 g/mol. The molecule has 12 heteroatoms. The lowest BCUT2D eigenvalue weighted by Crippen LogP contribution is -2.48. The maximum atomic E-state index is 13.3. The minimum atomic E-state index is -4.16. The quantitative estimate of drug-likeness (QED) is 0.158. The van der Waals surface area contributed by atoms with Crippen LogP contribution in [0.25, 0.3) is 21.8 Å². The van der Waals surface area contributed by atoms with Gasteiger partial charge in [0, 0.05) is 63.9 Å². The summed E-state index contributed by atoms with van der Waals surface area (Å²) in [6.45, 7) is 0.763. The van der Waals surface area contributed by atoms with Gasteiger partial charge in [0.2, 0.25) is 15.9 Å². The molecule has 0 aliphatic heterocycles. The van der Waals surface area contributed by atoms with Gasteiger partial charge in [-0.15, -0.1) is 0 Å². The highest BCUT2D eigenvalue weighted by Crippen LogP contribution is 2.25. The minimum Gasteiger partial charge on any atom is -0.361 e. The summed E-state index contributed by atoms with van der Waals surface area (Å²) in [5, 5.41) is 15.8. The number of aromatic nitrogens is 2. The highest BCUT2D eigenvalue weighted by atomic mass is 79.9. The number of nitrogens with one attached hydrogen (secondary N) is 3. The number of fused-ring (bicyclic) bond motifs is 2. The van der Waals surface area contributed by atoms with E-state index in [4.69, 9.17) is 0 Å². The number of H-pyrrole nitrogens is 1. The first-order valence-corrected chi connectivity index (χ1v) is 14.3. The first kappa shape index (κ1) is 26.6. The average Bonchev–Trinajstić information content (AvgIpc) is 3.53. The summed E-state index contributed by atoms with van der Waals surface area (Å²) in [7, 11) is -4.16. The van der Waals surface area contributed by atoms with E-state index in [1.54, 1.807) is 6.20 Å². The molecule has 3 aromatic carbocycles. The van der Waals surface area contributed by atoms with Crippen LogP contribution >= 0.6 is 15.9 Å². The monoisotopic (exact) mass is 609 g/mol. The van der Waals surface area contributed by atoms with E-state index < -0.39 is 26.9 Å². The van der Waals surface area contributed by atoms with Gasteiger partial charge in [-0.2, -0.15) is 4.72 Å². The number of hydrogen-bond acceptors (Lipinski definition) is 5. The molecule has 5 rings (SSSR count). The Balaban J connectivity index is 1.36. The summed E-state index contributed by atoms with van der Waals surface area (Å²) in [5.74, 6) is -0.483. The lowest BCUT2D eigenvalue weighted by molar-refractivity contribution is -0.384. The number of rotatable bonds is 10. The zero-order chi connectivity index (χ0) is 27.6. The van der Waals surface area contributed by atoms with Crippen molar-refractivity contribution in [1.82, 2.24) is 19.6 Å². The highest BCUT2D eigenvalue weighted by molar-refractivity contribution is 9.10. The second-order valence-corrected chi connectivity index (χ2v) is 11.5. The van der Waals surface area contributed by atoms with Crippen LogP contribution in [0.2, 0.25) is 0 Å². The molecule has 2 heterocycles. The van der Waals surface area contributed by atoms with Crippen molar-refractivity contribution in [3.8, 4) is 0 Å². The number of aromatic amines is 1. The minimum absolute atomic E-state index is 0.0987. The molecule has 0 aliphatic rings. The zero-order valence-corrected chi connectivity index (χ0v) is 22.9. The van der Waals surface area contributed by atoms with Gasteiger partial charge in [0.15, 0.2) is 0 Å². The number of benzene rings is 3. The van der Waals surface area contributed by atoms with Gasteiger partial charge in [-0.3, -0.25) is 14.9 Å². The number of nitro benzene ring substituents is 1. The van der Waals surface area contributed by atoms with E-state index in [2.05, 4.69) is 31.0 Å². The zero-order valence-electron chi connectivity index (χ0n) is 20.5. The molecule has 0 aliphatic carbocycles. The van der Waals surface area contributed by atoms with Crippen LogP contribution in [0.15, 0.2) is 94.6 Å². The SMILES string of the molecule is O=C(NCCn1ccc2c(Br)cccc21)C(Cc1c[nH]c2ccccc12)NS(=O)(=O)c1ccc([N+](=O)[O-])cc1. The second-order valence-electron chi connectivity index (χ2n) is 8.96. The molecule has 1 atom stereocenters. The van der Waals surface area contributed by atoms with E-state index in [1.165, 1.54) is 0 Å². The largest absolute Gasteiger partial charge is 0.361 e. The fourth-order valence-electron chi connectivity index (χ4n) is 4.51. The van der Waals surface area contributed by atoms with E-state index in [-0.39, 0.29) is 23.5 Å². The molecule has 0 fully saturated rings. The van der Waals surface area contributed by atoms with Gasteiger partial charge in [-0.05, 0) is 48.4 Å². The molecule has 0 radical (unpaired) electrons. The Hall–Kier alpha value is -4.00. The van der Waals surface area contributed by atoms with Gasteiger partial charge in [-0.25, -0.2) is 8.42 Å². The third kappa shape index (κ3) is 5.72. The van der Waals surface area contributed by atoms with Gasteiger partial charge < -0.3 is 14.9 Å². The van der Waals surface area contributed by atoms with Crippen LogP contribution in [0, 0.1) is 10.1 Å². The molecule has 1 unspecified atom stereocenters. The number of amides is 1. The van der Waals surface area contributed by atoms with Crippen molar-refractivity contribution < 1.29 is 18.1 Å². The molecule has 1 amide bonds. The fourth-order valence-corrected chi connectivity index (χ4v) is 6.20. The highest BCUT2D eigenvalue weighted by Gasteiger charge is 2.27. The molecule has 10 nitrogen and oxygen atoms in total. The Labute approximate surface area is 232 Å². The third-order valence-electron chi connectivity index (χ3n) is 6.48. The first-order valence-electron chi connectivity index (χ1n) is 12.1. The van der Waals surface area contributed by atoms with Crippen molar-refractivity contribution in [3.05, 3.63) is 105 Å². The molecule has 2 aromatic heterocycles.